The van der Waals surface area contributed by atoms with E-state index in [-0.39, 0.29) is 40.3 Å². The van der Waals surface area contributed by atoms with Crippen LogP contribution < -0.4 is 19.8 Å². The fourth-order valence-corrected chi connectivity index (χ4v) is 3.10. The summed E-state index contributed by atoms with van der Waals surface area (Å²) in [6.45, 7) is 3.60. The highest BCUT2D eigenvalue weighted by Gasteiger charge is 2.26. The lowest BCUT2D eigenvalue weighted by atomic mass is 9.96. The van der Waals surface area contributed by atoms with E-state index in [1.165, 1.54) is 40.4 Å². The van der Waals surface area contributed by atoms with E-state index >= 15 is 0 Å². The average molecular weight is 400 g/mol. The largest absolute Gasteiger partial charge is 0.494 e. The molecule has 0 aliphatic rings. The number of hydrogen-bond donors (Lipinski definition) is 1. The predicted molar refractivity (Wildman–Crippen MR) is 106 cm³/mol. The fraction of sp³-hybridized carbons (Fsp3) is 0.381. The van der Waals surface area contributed by atoms with Crippen LogP contribution in [0.1, 0.15) is 46.8 Å². The number of benzene rings is 1. The van der Waals surface area contributed by atoms with Crippen molar-refractivity contribution in [3.8, 4) is 29.2 Å². The molecule has 0 fully saturated rings. The van der Waals surface area contributed by atoms with Crippen molar-refractivity contribution in [1.82, 2.24) is 4.57 Å². The van der Waals surface area contributed by atoms with Crippen molar-refractivity contribution in [2.45, 2.75) is 33.2 Å². The number of aromatic nitrogens is 1. The highest BCUT2D eigenvalue weighted by Crippen LogP contribution is 2.39. The summed E-state index contributed by atoms with van der Waals surface area (Å²) < 4.78 is 16.9. The maximum absolute atomic E-state index is 13.3. The molecule has 0 unspecified atom stereocenters. The second-order valence-electron chi connectivity index (χ2n) is 6.36. The third kappa shape index (κ3) is 3.90. The molecule has 1 N–H and O–H groups in total. The van der Waals surface area contributed by atoms with Gasteiger partial charge in [-0.2, -0.15) is 5.26 Å². The Kier molecular flexibility index (Phi) is 6.89. The first-order valence-corrected chi connectivity index (χ1v) is 9.07. The number of hydrogen-bond acceptors (Lipinski definition) is 7. The Morgan fingerprint density at radius 1 is 1.17 bits per heavy atom. The topological polar surface area (TPSA) is 111 Å². The Balaban J connectivity index is 2.76. The van der Waals surface area contributed by atoms with Gasteiger partial charge >= 0.3 is 0 Å². The lowest BCUT2D eigenvalue weighted by molar-refractivity contribution is 0.103. The molecule has 0 saturated carbocycles. The number of ketones is 1. The quantitative estimate of drug-likeness (QED) is 0.678. The van der Waals surface area contributed by atoms with Gasteiger partial charge in [0.05, 0.1) is 26.9 Å². The highest BCUT2D eigenvalue weighted by atomic mass is 16.5. The van der Waals surface area contributed by atoms with E-state index in [2.05, 4.69) is 0 Å². The number of ether oxygens (including phenoxy) is 3. The summed E-state index contributed by atoms with van der Waals surface area (Å²) in [5.41, 5.74) is -0.609. The summed E-state index contributed by atoms with van der Waals surface area (Å²) in [6.07, 6.45) is 1.39. The van der Waals surface area contributed by atoms with Crippen molar-refractivity contribution in [1.29, 1.82) is 5.26 Å². The van der Waals surface area contributed by atoms with Crippen LogP contribution in [0.25, 0.3) is 0 Å². The summed E-state index contributed by atoms with van der Waals surface area (Å²) in [5, 5.41) is 20.2. The molecule has 0 bridgehead atoms. The van der Waals surface area contributed by atoms with E-state index < -0.39 is 17.2 Å². The smallest absolute Gasteiger partial charge is 0.271 e. The maximum Gasteiger partial charge on any atom is 0.271 e. The van der Waals surface area contributed by atoms with E-state index in [9.17, 15) is 20.0 Å². The third-order valence-corrected chi connectivity index (χ3v) is 4.69. The van der Waals surface area contributed by atoms with Crippen molar-refractivity contribution in [3.63, 3.8) is 0 Å². The van der Waals surface area contributed by atoms with Crippen LogP contribution in [0.15, 0.2) is 16.9 Å². The molecule has 0 aliphatic carbocycles. The summed E-state index contributed by atoms with van der Waals surface area (Å²) in [7, 11) is 4.29. The number of pyridine rings is 1. The van der Waals surface area contributed by atoms with Crippen LogP contribution in [-0.4, -0.2) is 36.8 Å². The minimum Gasteiger partial charge on any atom is -0.494 e. The van der Waals surface area contributed by atoms with E-state index in [0.717, 1.165) is 11.0 Å². The second-order valence-corrected chi connectivity index (χ2v) is 6.36. The summed E-state index contributed by atoms with van der Waals surface area (Å²) in [4.78, 5) is 25.8. The van der Waals surface area contributed by atoms with Crippen LogP contribution in [0.2, 0.25) is 0 Å². The van der Waals surface area contributed by atoms with Gasteiger partial charge in [-0.05, 0) is 31.0 Å². The van der Waals surface area contributed by atoms with Gasteiger partial charge in [0.25, 0.3) is 5.56 Å². The minimum atomic E-state index is -0.614. The van der Waals surface area contributed by atoms with Gasteiger partial charge in [-0.15, -0.1) is 0 Å². The number of rotatable bonds is 8. The Hall–Kier alpha value is -3.47. The van der Waals surface area contributed by atoms with Crippen LogP contribution in [0.3, 0.4) is 0 Å². The van der Waals surface area contributed by atoms with Gasteiger partial charge in [-0.25, -0.2) is 0 Å². The van der Waals surface area contributed by atoms with Gasteiger partial charge in [0.2, 0.25) is 11.6 Å². The first kappa shape index (κ1) is 21.8. The lowest BCUT2D eigenvalue weighted by Crippen LogP contribution is -2.27. The van der Waals surface area contributed by atoms with Crippen molar-refractivity contribution in [3.05, 3.63) is 44.7 Å². The molecular weight excluding hydrogens is 376 g/mol. The van der Waals surface area contributed by atoms with Crippen molar-refractivity contribution < 1.29 is 24.1 Å². The lowest BCUT2D eigenvalue weighted by Gasteiger charge is -2.17. The molecule has 8 heteroatoms. The normalized spacial score (nSPS) is 10.3. The van der Waals surface area contributed by atoms with Crippen molar-refractivity contribution in [2.75, 3.05) is 21.3 Å². The number of nitrogens with zero attached hydrogens (tertiary/aromatic N) is 2. The van der Waals surface area contributed by atoms with Gasteiger partial charge in [0.15, 0.2) is 17.3 Å². The van der Waals surface area contributed by atoms with E-state index in [1.807, 2.05) is 13.0 Å². The van der Waals surface area contributed by atoms with Crippen LogP contribution in [-0.2, 0) is 6.54 Å². The highest BCUT2D eigenvalue weighted by molar-refractivity contribution is 6.12. The third-order valence-electron chi connectivity index (χ3n) is 4.69. The minimum absolute atomic E-state index is 0.105. The first-order valence-electron chi connectivity index (χ1n) is 9.07. The molecule has 0 amide bonds. The molecule has 154 valence electrons. The molecule has 0 atom stereocenters. The van der Waals surface area contributed by atoms with E-state index in [4.69, 9.17) is 14.2 Å². The fourth-order valence-electron chi connectivity index (χ4n) is 3.10. The van der Waals surface area contributed by atoms with Crippen molar-refractivity contribution in [2.24, 2.45) is 0 Å². The van der Waals surface area contributed by atoms with Crippen LogP contribution >= 0.6 is 0 Å². The van der Waals surface area contributed by atoms with Gasteiger partial charge in [-0.1, -0.05) is 13.3 Å². The monoisotopic (exact) mass is 400 g/mol. The maximum atomic E-state index is 13.3. The van der Waals surface area contributed by atoms with Gasteiger partial charge in [0, 0.05) is 12.1 Å². The molecule has 8 nitrogen and oxygen atoms in total. The average Bonchev–Trinajstić information content (AvgIpc) is 2.72. The number of unbranched alkanes of at least 4 members (excludes halogenated alkanes) is 1. The Morgan fingerprint density at radius 2 is 1.76 bits per heavy atom. The molecule has 0 saturated heterocycles. The zero-order chi connectivity index (χ0) is 21.7. The van der Waals surface area contributed by atoms with E-state index in [0.29, 0.717) is 12.2 Å². The number of aromatic hydroxyl groups is 1. The Labute approximate surface area is 168 Å². The number of nitriles is 1. The van der Waals surface area contributed by atoms with Crippen molar-refractivity contribution >= 4 is 5.78 Å². The van der Waals surface area contributed by atoms with E-state index in [1.54, 1.807) is 0 Å². The molecule has 2 aromatic rings. The summed E-state index contributed by atoms with van der Waals surface area (Å²) >= 11 is 0. The molecule has 1 aromatic heterocycles. The summed E-state index contributed by atoms with van der Waals surface area (Å²) in [6, 6.07) is 4.76. The SMILES string of the molecule is CCCCn1c(O)c(C(=O)c2cc(OC)c(OC)c(OC)c2)c(C)c(C#N)c1=O. The Bertz CT molecular complexity index is 1010. The predicted octanol–water partition coefficient (Wildman–Crippen LogP) is 2.79. The van der Waals surface area contributed by atoms with Gasteiger partial charge in [0.1, 0.15) is 11.6 Å². The van der Waals surface area contributed by atoms with Crippen LogP contribution in [0.5, 0.6) is 23.1 Å². The molecule has 29 heavy (non-hydrogen) atoms. The van der Waals surface area contributed by atoms with Crippen LogP contribution in [0.4, 0.5) is 0 Å². The molecule has 0 radical (unpaired) electrons. The molecular formula is C21H24N2O6. The van der Waals surface area contributed by atoms with Crippen LogP contribution in [0, 0.1) is 18.3 Å². The first-order chi connectivity index (χ1) is 13.9. The molecule has 0 spiro atoms. The molecule has 1 aromatic carbocycles. The van der Waals surface area contributed by atoms with Gasteiger partial charge in [-0.3, -0.25) is 14.2 Å². The molecule has 0 aliphatic heterocycles. The number of carbonyl (C=O) groups is 1. The molecule has 2 rings (SSSR count). The summed E-state index contributed by atoms with van der Waals surface area (Å²) in [5.74, 6) is -0.169. The standard InChI is InChI=1S/C21H24N2O6/c1-6-7-8-23-20(25)14(11-22)12(2)17(21(23)26)18(24)13-9-15(27-3)19(29-5)16(10-13)28-4/h9-10,26H,6-8H2,1-5H3. The number of methoxy groups -OCH3 is 3. The number of carbonyl (C=O) groups excluding carboxylic acids is 1. The zero-order valence-electron chi connectivity index (χ0n) is 17.2. The second kappa shape index (κ2) is 9.15. The van der Waals surface area contributed by atoms with Gasteiger partial charge < -0.3 is 19.3 Å². The Morgan fingerprint density at radius 3 is 2.21 bits per heavy atom. The zero-order valence-corrected chi connectivity index (χ0v) is 17.2. The molecule has 1 heterocycles.